The molecular weight excluding hydrogens is 226 g/mol. The molecule has 2 rings (SSSR count). The predicted molar refractivity (Wildman–Crippen MR) is 72.3 cm³/mol. The van der Waals surface area contributed by atoms with Crippen molar-refractivity contribution in [1.29, 1.82) is 0 Å². The number of nitrogens with one attached hydrogen (secondary N) is 1. The highest BCUT2D eigenvalue weighted by atomic mass is 16.6. The molecule has 2 fully saturated rings. The van der Waals surface area contributed by atoms with Crippen molar-refractivity contribution >= 4 is 5.97 Å². The summed E-state index contributed by atoms with van der Waals surface area (Å²) < 4.78 is 5.42. The Bertz CT molecular complexity index is 281. The zero-order valence-electron chi connectivity index (χ0n) is 12.0. The van der Waals surface area contributed by atoms with Crippen LogP contribution in [0.15, 0.2) is 0 Å². The molecule has 18 heavy (non-hydrogen) atoms. The third-order valence-corrected chi connectivity index (χ3v) is 4.25. The maximum atomic E-state index is 11.9. The smallest absolute Gasteiger partial charge is 0.306 e. The molecule has 0 aromatic carbocycles. The van der Waals surface area contributed by atoms with Gasteiger partial charge in [-0.05, 0) is 77.3 Å². The zero-order chi connectivity index (χ0) is 13.2. The summed E-state index contributed by atoms with van der Waals surface area (Å²) in [6.07, 6.45) is 5.57. The maximum Gasteiger partial charge on any atom is 0.306 e. The number of esters is 1. The van der Waals surface area contributed by atoms with E-state index in [1.54, 1.807) is 0 Å². The van der Waals surface area contributed by atoms with Gasteiger partial charge in [-0.3, -0.25) is 4.79 Å². The fourth-order valence-electron chi connectivity index (χ4n) is 3.33. The van der Waals surface area contributed by atoms with E-state index in [1.807, 2.05) is 20.8 Å². The summed E-state index contributed by atoms with van der Waals surface area (Å²) >= 11 is 0. The summed E-state index contributed by atoms with van der Waals surface area (Å²) in [5.74, 6) is 2.24. The van der Waals surface area contributed by atoms with Crippen molar-refractivity contribution < 1.29 is 9.53 Å². The summed E-state index contributed by atoms with van der Waals surface area (Å²) in [4.78, 5) is 11.9. The van der Waals surface area contributed by atoms with E-state index in [2.05, 4.69) is 5.32 Å². The Morgan fingerprint density at radius 3 is 2.17 bits per heavy atom. The van der Waals surface area contributed by atoms with Gasteiger partial charge in [-0.2, -0.15) is 0 Å². The van der Waals surface area contributed by atoms with Crippen LogP contribution in [0.4, 0.5) is 0 Å². The van der Waals surface area contributed by atoms with Crippen LogP contribution in [-0.2, 0) is 9.53 Å². The molecule has 0 amide bonds. The number of rotatable bonds is 2. The standard InChI is InChI=1S/C15H27NO2/c1-15(2,3)18-14(17)8-11-4-6-12-9-16-10-13(12)7-5-11/h11-13,16H,4-10H2,1-3H3. The van der Waals surface area contributed by atoms with Gasteiger partial charge in [0.25, 0.3) is 0 Å². The minimum Gasteiger partial charge on any atom is -0.460 e. The lowest BCUT2D eigenvalue weighted by Gasteiger charge is -2.21. The number of carbonyl (C=O) groups excluding carboxylic acids is 1. The number of hydrogen-bond acceptors (Lipinski definition) is 3. The van der Waals surface area contributed by atoms with Crippen molar-refractivity contribution in [2.24, 2.45) is 17.8 Å². The highest BCUT2D eigenvalue weighted by Crippen LogP contribution is 2.35. The molecule has 1 heterocycles. The first-order valence-electron chi connectivity index (χ1n) is 7.36. The maximum absolute atomic E-state index is 11.9. The van der Waals surface area contributed by atoms with Crippen molar-refractivity contribution in [2.45, 2.75) is 58.5 Å². The Kier molecular flexibility index (Phi) is 4.31. The molecule has 0 aromatic rings. The predicted octanol–water partition coefficient (Wildman–Crippen LogP) is 2.74. The molecule has 0 spiro atoms. The third kappa shape index (κ3) is 3.98. The number of ether oxygens (including phenoxy) is 1. The largest absolute Gasteiger partial charge is 0.460 e. The quantitative estimate of drug-likeness (QED) is 0.769. The zero-order valence-corrected chi connectivity index (χ0v) is 12.0. The van der Waals surface area contributed by atoms with Crippen LogP contribution in [0.3, 0.4) is 0 Å². The molecule has 1 saturated heterocycles. The van der Waals surface area contributed by atoms with Gasteiger partial charge in [0.05, 0.1) is 0 Å². The van der Waals surface area contributed by atoms with Crippen molar-refractivity contribution in [1.82, 2.24) is 5.32 Å². The molecule has 3 nitrogen and oxygen atoms in total. The van der Waals surface area contributed by atoms with Crippen LogP contribution in [0.5, 0.6) is 0 Å². The SMILES string of the molecule is CC(C)(C)OC(=O)CC1CCC2CNCC2CC1. The summed E-state index contributed by atoms with van der Waals surface area (Å²) in [5.41, 5.74) is -0.345. The summed E-state index contributed by atoms with van der Waals surface area (Å²) in [6.45, 7) is 8.18. The van der Waals surface area contributed by atoms with Crippen molar-refractivity contribution in [3.05, 3.63) is 0 Å². The van der Waals surface area contributed by atoms with Crippen LogP contribution >= 0.6 is 0 Å². The molecule has 1 saturated carbocycles. The average Bonchev–Trinajstić information content (AvgIpc) is 2.59. The summed E-state index contributed by atoms with van der Waals surface area (Å²) in [5, 5.41) is 3.49. The van der Waals surface area contributed by atoms with Gasteiger partial charge < -0.3 is 10.1 Å². The molecule has 0 radical (unpaired) electrons. The van der Waals surface area contributed by atoms with Crippen LogP contribution in [0.1, 0.15) is 52.9 Å². The Hall–Kier alpha value is -0.570. The average molecular weight is 253 g/mol. The van der Waals surface area contributed by atoms with Gasteiger partial charge in [0, 0.05) is 6.42 Å². The van der Waals surface area contributed by atoms with E-state index in [1.165, 1.54) is 38.8 Å². The molecule has 104 valence electrons. The van der Waals surface area contributed by atoms with Gasteiger partial charge in [0.2, 0.25) is 0 Å². The van der Waals surface area contributed by atoms with E-state index in [0.29, 0.717) is 12.3 Å². The Morgan fingerprint density at radius 1 is 1.11 bits per heavy atom. The van der Waals surface area contributed by atoms with Gasteiger partial charge >= 0.3 is 5.97 Å². The van der Waals surface area contributed by atoms with E-state index in [9.17, 15) is 4.79 Å². The highest BCUT2D eigenvalue weighted by Gasteiger charge is 2.32. The monoisotopic (exact) mass is 253 g/mol. The van der Waals surface area contributed by atoms with Crippen LogP contribution in [0, 0.1) is 17.8 Å². The minimum absolute atomic E-state index is 0.0160. The molecule has 1 aliphatic heterocycles. The van der Waals surface area contributed by atoms with Crippen LogP contribution in [-0.4, -0.2) is 24.7 Å². The lowest BCUT2D eigenvalue weighted by molar-refractivity contribution is -0.156. The third-order valence-electron chi connectivity index (χ3n) is 4.25. The second-order valence-corrected chi connectivity index (χ2v) is 6.99. The lowest BCUT2D eigenvalue weighted by Crippen LogP contribution is -2.25. The van der Waals surface area contributed by atoms with Gasteiger partial charge in [0.15, 0.2) is 0 Å². The summed E-state index contributed by atoms with van der Waals surface area (Å²) in [6, 6.07) is 0. The fraction of sp³-hybridized carbons (Fsp3) is 0.933. The normalized spacial score (nSPS) is 32.7. The van der Waals surface area contributed by atoms with Crippen LogP contribution < -0.4 is 5.32 Å². The number of fused-ring (bicyclic) bond motifs is 1. The minimum atomic E-state index is -0.345. The number of hydrogen-bond donors (Lipinski definition) is 1. The van der Waals surface area contributed by atoms with E-state index >= 15 is 0 Å². The molecule has 0 bridgehead atoms. The van der Waals surface area contributed by atoms with E-state index < -0.39 is 0 Å². The Balaban J connectivity index is 1.78. The topological polar surface area (TPSA) is 38.3 Å². The molecule has 1 N–H and O–H groups in total. The van der Waals surface area contributed by atoms with Crippen molar-refractivity contribution in [3.63, 3.8) is 0 Å². The van der Waals surface area contributed by atoms with Gasteiger partial charge in [-0.15, -0.1) is 0 Å². The van der Waals surface area contributed by atoms with Crippen LogP contribution in [0.2, 0.25) is 0 Å². The van der Waals surface area contributed by atoms with Crippen LogP contribution in [0.25, 0.3) is 0 Å². The van der Waals surface area contributed by atoms with E-state index in [4.69, 9.17) is 4.74 Å². The van der Waals surface area contributed by atoms with Gasteiger partial charge in [-0.1, -0.05) is 0 Å². The first kappa shape index (κ1) is 13.9. The second kappa shape index (κ2) is 5.60. The first-order valence-corrected chi connectivity index (χ1v) is 7.36. The fourth-order valence-corrected chi connectivity index (χ4v) is 3.33. The Morgan fingerprint density at radius 2 is 1.67 bits per heavy atom. The summed E-state index contributed by atoms with van der Waals surface area (Å²) in [7, 11) is 0. The molecule has 2 atom stereocenters. The molecule has 0 aromatic heterocycles. The lowest BCUT2D eigenvalue weighted by atomic mass is 9.92. The molecular formula is C15H27NO2. The molecule has 3 heteroatoms. The molecule has 1 aliphatic carbocycles. The number of carbonyl (C=O) groups is 1. The Labute approximate surface area is 111 Å². The second-order valence-electron chi connectivity index (χ2n) is 6.99. The van der Waals surface area contributed by atoms with Crippen molar-refractivity contribution in [3.8, 4) is 0 Å². The van der Waals surface area contributed by atoms with Gasteiger partial charge in [0.1, 0.15) is 5.60 Å². The van der Waals surface area contributed by atoms with E-state index in [-0.39, 0.29) is 11.6 Å². The van der Waals surface area contributed by atoms with Crippen molar-refractivity contribution in [2.75, 3.05) is 13.1 Å². The first-order chi connectivity index (χ1) is 8.44. The molecule has 2 aliphatic rings. The highest BCUT2D eigenvalue weighted by molar-refractivity contribution is 5.70. The van der Waals surface area contributed by atoms with Gasteiger partial charge in [-0.25, -0.2) is 0 Å². The molecule has 2 unspecified atom stereocenters. The van der Waals surface area contributed by atoms with E-state index in [0.717, 1.165) is 11.8 Å².